The molecule has 3 heteroatoms. The normalized spacial score (nSPS) is 21.8. The van der Waals surface area contributed by atoms with Gasteiger partial charge in [-0.1, -0.05) is 12.1 Å². The van der Waals surface area contributed by atoms with Gasteiger partial charge >= 0.3 is 0 Å². The zero-order valence-electron chi connectivity index (χ0n) is 11.3. The molecule has 2 rings (SSSR count). The van der Waals surface area contributed by atoms with E-state index in [1.54, 1.807) is 11.8 Å². The minimum absolute atomic E-state index is 0.419. The predicted molar refractivity (Wildman–Crippen MR) is 78.2 cm³/mol. The number of rotatable bonds is 5. The number of nitrogens with one attached hydrogen (secondary N) is 1. The second-order valence-electron chi connectivity index (χ2n) is 4.99. The van der Waals surface area contributed by atoms with Crippen molar-refractivity contribution in [2.45, 2.75) is 30.7 Å². The Balaban J connectivity index is 1.80. The average Bonchev–Trinajstić information content (AvgIpc) is 2.46. The fourth-order valence-electron chi connectivity index (χ4n) is 2.32. The monoisotopic (exact) mass is 265 g/mol. The number of thioether (sulfide) groups is 1. The predicted octanol–water partition coefficient (Wildman–Crippen LogP) is 3.49. The molecule has 0 radical (unpaired) electrons. The Hall–Kier alpha value is -0.510. The van der Waals surface area contributed by atoms with E-state index >= 15 is 0 Å². The van der Waals surface area contributed by atoms with Crippen molar-refractivity contribution in [1.29, 1.82) is 0 Å². The Morgan fingerprint density at radius 3 is 2.78 bits per heavy atom. The summed E-state index contributed by atoms with van der Waals surface area (Å²) in [6, 6.07) is 9.26. The van der Waals surface area contributed by atoms with Crippen molar-refractivity contribution in [2.75, 3.05) is 26.0 Å². The van der Waals surface area contributed by atoms with Crippen molar-refractivity contribution in [3.05, 3.63) is 29.8 Å². The summed E-state index contributed by atoms with van der Waals surface area (Å²) in [4.78, 5) is 1.33. The highest BCUT2D eigenvalue weighted by molar-refractivity contribution is 7.98. The van der Waals surface area contributed by atoms with Gasteiger partial charge in [-0.05, 0) is 49.6 Å². The van der Waals surface area contributed by atoms with Crippen LogP contribution in [0.5, 0.6) is 0 Å². The van der Waals surface area contributed by atoms with Gasteiger partial charge in [-0.2, -0.15) is 0 Å². The number of hydrogen-bond acceptors (Lipinski definition) is 3. The van der Waals surface area contributed by atoms with Gasteiger partial charge in [-0.25, -0.2) is 0 Å². The van der Waals surface area contributed by atoms with Crippen molar-refractivity contribution < 1.29 is 4.74 Å². The summed E-state index contributed by atoms with van der Waals surface area (Å²) in [7, 11) is 0. The van der Waals surface area contributed by atoms with Crippen LogP contribution < -0.4 is 5.32 Å². The third kappa shape index (κ3) is 4.01. The van der Waals surface area contributed by atoms with Gasteiger partial charge in [0.05, 0.1) is 6.61 Å². The first-order chi connectivity index (χ1) is 8.79. The van der Waals surface area contributed by atoms with Crippen molar-refractivity contribution in [3.63, 3.8) is 0 Å². The van der Waals surface area contributed by atoms with E-state index < -0.39 is 0 Å². The van der Waals surface area contributed by atoms with E-state index in [-0.39, 0.29) is 0 Å². The first kappa shape index (κ1) is 13.9. The fourth-order valence-corrected chi connectivity index (χ4v) is 2.73. The Kier molecular flexibility index (Phi) is 5.54. The molecule has 1 aromatic carbocycles. The Morgan fingerprint density at radius 2 is 2.17 bits per heavy atom. The van der Waals surface area contributed by atoms with E-state index in [4.69, 9.17) is 4.74 Å². The lowest BCUT2D eigenvalue weighted by atomic mass is 10.0. The molecule has 1 aliphatic rings. The van der Waals surface area contributed by atoms with Crippen LogP contribution in [0.25, 0.3) is 0 Å². The lowest BCUT2D eigenvalue weighted by Crippen LogP contribution is -2.30. The molecule has 0 bridgehead atoms. The Bertz CT molecular complexity index is 346. The van der Waals surface area contributed by atoms with Gasteiger partial charge in [-0.3, -0.25) is 0 Å². The molecule has 18 heavy (non-hydrogen) atoms. The van der Waals surface area contributed by atoms with E-state index in [1.165, 1.54) is 23.3 Å². The minimum atomic E-state index is 0.419. The summed E-state index contributed by atoms with van der Waals surface area (Å²) in [5.74, 6) is 0.687. The van der Waals surface area contributed by atoms with Crippen LogP contribution in [0, 0.1) is 5.92 Å². The molecule has 1 N–H and O–H groups in total. The smallest absolute Gasteiger partial charge is 0.0506 e. The molecule has 1 heterocycles. The third-order valence-corrected chi connectivity index (χ3v) is 4.33. The lowest BCUT2D eigenvalue weighted by molar-refractivity contribution is 0.0540. The number of hydrogen-bond donors (Lipinski definition) is 1. The highest BCUT2D eigenvalue weighted by Crippen LogP contribution is 2.20. The molecule has 1 fully saturated rings. The molecule has 0 spiro atoms. The second kappa shape index (κ2) is 7.17. The van der Waals surface area contributed by atoms with E-state index in [1.807, 2.05) is 0 Å². The highest BCUT2D eigenvalue weighted by Gasteiger charge is 2.14. The average molecular weight is 265 g/mol. The lowest BCUT2D eigenvalue weighted by Gasteiger charge is -2.24. The second-order valence-corrected chi connectivity index (χ2v) is 5.87. The van der Waals surface area contributed by atoms with E-state index in [0.29, 0.717) is 12.0 Å². The molecule has 2 atom stereocenters. The van der Waals surface area contributed by atoms with Crippen LogP contribution in [0.2, 0.25) is 0 Å². The summed E-state index contributed by atoms with van der Waals surface area (Å²) in [5, 5.41) is 3.62. The van der Waals surface area contributed by atoms with E-state index in [2.05, 4.69) is 42.8 Å². The summed E-state index contributed by atoms with van der Waals surface area (Å²) < 4.78 is 5.51. The topological polar surface area (TPSA) is 21.3 Å². The van der Waals surface area contributed by atoms with Crippen LogP contribution in [0.3, 0.4) is 0 Å². The first-order valence-corrected chi connectivity index (χ1v) is 7.97. The van der Waals surface area contributed by atoms with Crippen LogP contribution in [-0.2, 0) is 4.74 Å². The van der Waals surface area contributed by atoms with Crippen LogP contribution in [0.15, 0.2) is 29.2 Å². The standard InChI is InChI=1S/C15H23NOS/c1-12(14-5-7-15(18-2)8-6-14)16-10-13-4-3-9-17-11-13/h5-8,12-13,16H,3-4,9-11H2,1-2H3. The molecule has 2 nitrogen and oxygen atoms in total. The minimum Gasteiger partial charge on any atom is -0.381 e. The summed E-state index contributed by atoms with van der Waals surface area (Å²) in [5.41, 5.74) is 1.37. The van der Waals surface area contributed by atoms with Gasteiger partial charge in [0.1, 0.15) is 0 Å². The molecule has 0 aromatic heterocycles. The van der Waals surface area contributed by atoms with Crippen LogP contribution in [-0.4, -0.2) is 26.0 Å². The van der Waals surface area contributed by atoms with Gasteiger partial charge < -0.3 is 10.1 Å². The zero-order chi connectivity index (χ0) is 12.8. The molecule has 100 valence electrons. The first-order valence-electron chi connectivity index (χ1n) is 6.74. The van der Waals surface area contributed by atoms with Crippen molar-refractivity contribution >= 4 is 11.8 Å². The van der Waals surface area contributed by atoms with Crippen LogP contribution in [0.4, 0.5) is 0 Å². The molecule has 2 unspecified atom stereocenters. The third-order valence-electron chi connectivity index (χ3n) is 3.58. The summed E-state index contributed by atoms with van der Waals surface area (Å²) in [6.45, 7) is 5.16. The number of benzene rings is 1. The van der Waals surface area contributed by atoms with Gasteiger partial charge in [0.2, 0.25) is 0 Å². The van der Waals surface area contributed by atoms with Crippen molar-refractivity contribution in [1.82, 2.24) is 5.32 Å². The van der Waals surface area contributed by atoms with Crippen molar-refractivity contribution in [2.24, 2.45) is 5.92 Å². The fraction of sp³-hybridized carbons (Fsp3) is 0.600. The SMILES string of the molecule is CSc1ccc(C(C)NCC2CCCOC2)cc1. The maximum Gasteiger partial charge on any atom is 0.0506 e. The molecule has 1 saturated heterocycles. The molecule has 1 aliphatic heterocycles. The van der Waals surface area contributed by atoms with Gasteiger partial charge in [-0.15, -0.1) is 11.8 Å². The maximum atomic E-state index is 5.51. The molecule has 1 aromatic rings. The largest absolute Gasteiger partial charge is 0.381 e. The van der Waals surface area contributed by atoms with Crippen molar-refractivity contribution in [3.8, 4) is 0 Å². The molecule has 0 saturated carbocycles. The van der Waals surface area contributed by atoms with Gasteiger partial charge in [0, 0.05) is 24.1 Å². The van der Waals surface area contributed by atoms with E-state index in [9.17, 15) is 0 Å². The molecular formula is C15H23NOS. The van der Waals surface area contributed by atoms with Gasteiger partial charge in [0.15, 0.2) is 0 Å². The highest BCUT2D eigenvalue weighted by atomic mass is 32.2. The molecule has 0 aliphatic carbocycles. The molecule has 0 amide bonds. The van der Waals surface area contributed by atoms with Crippen LogP contribution >= 0.6 is 11.8 Å². The Morgan fingerprint density at radius 1 is 1.39 bits per heavy atom. The van der Waals surface area contributed by atoms with Crippen LogP contribution in [0.1, 0.15) is 31.4 Å². The van der Waals surface area contributed by atoms with Gasteiger partial charge in [0.25, 0.3) is 0 Å². The maximum absolute atomic E-state index is 5.51. The summed E-state index contributed by atoms with van der Waals surface area (Å²) >= 11 is 1.79. The number of ether oxygens (including phenoxy) is 1. The molecular weight excluding hydrogens is 242 g/mol. The Labute approximate surface area is 114 Å². The zero-order valence-corrected chi connectivity index (χ0v) is 12.1. The van der Waals surface area contributed by atoms with E-state index in [0.717, 1.165) is 19.8 Å². The summed E-state index contributed by atoms with van der Waals surface area (Å²) in [6.07, 6.45) is 4.62. The quantitative estimate of drug-likeness (QED) is 0.824.